The van der Waals surface area contributed by atoms with Gasteiger partial charge in [-0.2, -0.15) is 11.8 Å². The third kappa shape index (κ3) is 8.26. The molecule has 0 amide bonds. The van der Waals surface area contributed by atoms with E-state index in [-0.39, 0.29) is 24.0 Å². The van der Waals surface area contributed by atoms with Crippen molar-refractivity contribution in [3.8, 4) is 0 Å². The molecule has 0 bridgehead atoms. The number of piperazine rings is 1. The van der Waals surface area contributed by atoms with Gasteiger partial charge in [-0.25, -0.2) is 4.99 Å². The molecule has 0 aromatic heterocycles. The molecule has 2 N–H and O–H groups in total. The minimum absolute atomic E-state index is 0. The quantitative estimate of drug-likeness (QED) is 0.321. The zero-order valence-electron chi connectivity index (χ0n) is 18.2. The van der Waals surface area contributed by atoms with Crippen LogP contribution < -0.4 is 10.6 Å². The Labute approximate surface area is 198 Å². The van der Waals surface area contributed by atoms with Gasteiger partial charge in [0.1, 0.15) is 0 Å². The van der Waals surface area contributed by atoms with E-state index in [2.05, 4.69) is 64.9 Å². The zero-order chi connectivity index (χ0) is 19.8. The number of thioether (sulfide) groups is 1. The molecular formula is C22H38IN5S. The van der Waals surface area contributed by atoms with Crippen LogP contribution in [0.25, 0.3) is 0 Å². The molecule has 0 spiro atoms. The SMILES string of the molecule is CCNC(=NCc1ccc(CN2CCN(C)CC2)cc1)NC1CCC(SC)C1.I. The summed E-state index contributed by atoms with van der Waals surface area (Å²) in [6.45, 7) is 9.48. The maximum Gasteiger partial charge on any atom is 0.191 e. The van der Waals surface area contributed by atoms with Crippen molar-refractivity contribution in [2.45, 2.75) is 50.6 Å². The normalized spacial score (nSPS) is 23.6. The highest BCUT2D eigenvalue weighted by Crippen LogP contribution is 2.28. The molecule has 1 heterocycles. The largest absolute Gasteiger partial charge is 0.357 e. The molecule has 1 saturated heterocycles. The van der Waals surface area contributed by atoms with Crippen LogP contribution in [-0.2, 0) is 13.1 Å². The third-order valence-corrected chi connectivity index (χ3v) is 6.94. The summed E-state index contributed by atoms with van der Waals surface area (Å²) in [4.78, 5) is 9.77. The van der Waals surface area contributed by atoms with Gasteiger partial charge in [0, 0.05) is 50.6 Å². The van der Waals surface area contributed by atoms with Crippen LogP contribution in [0, 0.1) is 0 Å². The Hall–Kier alpha value is -0.510. The number of hydrogen-bond donors (Lipinski definition) is 2. The molecule has 1 aromatic carbocycles. The van der Waals surface area contributed by atoms with Crippen LogP contribution in [0.2, 0.25) is 0 Å². The maximum atomic E-state index is 4.82. The van der Waals surface area contributed by atoms with E-state index in [0.717, 1.165) is 30.8 Å². The fraction of sp³-hybridized carbons (Fsp3) is 0.682. The summed E-state index contributed by atoms with van der Waals surface area (Å²) in [7, 11) is 2.21. The van der Waals surface area contributed by atoms with Gasteiger partial charge in [-0.15, -0.1) is 24.0 Å². The van der Waals surface area contributed by atoms with Crippen molar-refractivity contribution in [2.24, 2.45) is 4.99 Å². The van der Waals surface area contributed by atoms with Gasteiger partial charge in [-0.1, -0.05) is 24.3 Å². The van der Waals surface area contributed by atoms with E-state index in [0.29, 0.717) is 6.04 Å². The second-order valence-corrected chi connectivity index (χ2v) is 9.24. The van der Waals surface area contributed by atoms with E-state index < -0.39 is 0 Å². The fourth-order valence-corrected chi connectivity index (χ4v) is 4.78. The molecule has 2 atom stereocenters. The van der Waals surface area contributed by atoms with Crippen LogP contribution in [0.15, 0.2) is 29.3 Å². The van der Waals surface area contributed by atoms with E-state index >= 15 is 0 Å². The Morgan fingerprint density at radius 2 is 1.79 bits per heavy atom. The highest BCUT2D eigenvalue weighted by Gasteiger charge is 2.24. The summed E-state index contributed by atoms with van der Waals surface area (Å²) in [5, 5.41) is 7.84. The first-order valence-corrected chi connectivity index (χ1v) is 12.0. The number of nitrogens with zero attached hydrogens (tertiary/aromatic N) is 3. The fourth-order valence-electron chi connectivity index (χ4n) is 3.98. The zero-order valence-corrected chi connectivity index (χ0v) is 21.3. The van der Waals surface area contributed by atoms with E-state index in [1.807, 2.05) is 11.8 Å². The first-order valence-electron chi connectivity index (χ1n) is 10.7. The van der Waals surface area contributed by atoms with Gasteiger partial charge in [-0.05, 0) is 50.6 Å². The van der Waals surface area contributed by atoms with Gasteiger partial charge in [0.25, 0.3) is 0 Å². The van der Waals surface area contributed by atoms with E-state index in [9.17, 15) is 0 Å². The molecule has 2 aliphatic rings. The van der Waals surface area contributed by atoms with Crippen LogP contribution in [0.3, 0.4) is 0 Å². The molecule has 29 heavy (non-hydrogen) atoms. The van der Waals surface area contributed by atoms with Crippen molar-refractivity contribution < 1.29 is 0 Å². The van der Waals surface area contributed by atoms with Crippen molar-refractivity contribution in [3.63, 3.8) is 0 Å². The summed E-state index contributed by atoms with van der Waals surface area (Å²) >= 11 is 1.99. The number of hydrogen-bond acceptors (Lipinski definition) is 4. The van der Waals surface area contributed by atoms with Crippen molar-refractivity contribution in [3.05, 3.63) is 35.4 Å². The van der Waals surface area contributed by atoms with Gasteiger partial charge in [0.2, 0.25) is 0 Å². The molecule has 1 aromatic rings. The molecule has 2 unspecified atom stereocenters. The topological polar surface area (TPSA) is 42.9 Å². The summed E-state index contributed by atoms with van der Waals surface area (Å²) in [6, 6.07) is 9.56. The lowest BCUT2D eigenvalue weighted by molar-refractivity contribution is 0.148. The number of benzene rings is 1. The summed E-state index contributed by atoms with van der Waals surface area (Å²) in [5.74, 6) is 0.954. The molecule has 7 heteroatoms. The molecule has 3 rings (SSSR count). The number of aliphatic imine (C=N–C) groups is 1. The van der Waals surface area contributed by atoms with E-state index in [1.54, 1.807) is 0 Å². The lowest BCUT2D eigenvalue weighted by Gasteiger charge is -2.32. The summed E-state index contributed by atoms with van der Waals surface area (Å²) < 4.78 is 0. The number of likely N-dealkylation sites (N-methyl/N-ethyl adjacent to an activating group) is 1. The second-order valence-electron chi connectivity index (χ2n) is 8.10. The smallest absolute Gasteiger partial charge is 0.191 e. The predicted octanol–water partition coefficient (Wildman–Crippen LogP) is 3.39. The standard InChI is InChI=1S/C22H37N5S.HI/c1-4-23-22(25-20-9-10-21(15-20)28-3)24-16-18-5-7-19(8-6-18)17-27-13-11-26(2)12-14-27;/h5-8,20-21H,4,9-17H2,1-3H3,(H2,23,24,25);1H. The third-order valence-electron chi connectivity index (χ3n) is 5.85. The van der Waals surface area contributed by atoms with E-state index in [4.69, 9.17) is 4.99 Å². The van der Waals surface area contributed by atoms with Crippen LogP contribution in [0.4, 0.5) is 0 Å². The van der Waals surface area contributed by atoms with E-state index in [1.165, 1.54) is 56.6 Å². The predicted molar refractivity (Wildman–Crippen MR) is 138 cm³/mol. The van der Waals surface area contributed by atoms with Crippen LogP contribution >= 0.6 is 35.7 Å². The highest BCUT2D eigenvalue weighted by atomic mass is 127. The first kappa shape index (κ1) is 24.8. The van der Waals surface area contributed by atoms with Gasteiger partial charge >= 0.3 is 0 Å². The second kappa shape index (κ2) is 13.0. The first-order chi connectivity index (χ1) is 13.7. The Morgan fingerprint density at radius 1 is 1.10 bits per heavy atom. The number of nitrogens with one attached hydrogen (secondary N) is 2. The number of guanidine groups is 1. The van der Waals surface area contributed by atoms with Crippen LogP contribution in [0.5, 0.6) is 0 Å². The molecule has 164 valence electrons. The van der Waals surface area contributed by atoms with Crippen molar-refractivity contribution in [1.82, 2.24) is 20.4 Å². The molecule has 1 aliphatic heterocycles. The maximum absolute atomic E-state index is 4.82. The Bertz CT molecular complexity index is 616. The van der Waals surface area contributed by atoms with Crippen LogP contribution in [-0.4, -0.2) is 73.1 Å². The number of rotatable bonds is 7. The molecule has 1 aliphatic carbocycles. The van der Waals surface area contributed by atoms with Gasteiger partial charge in [0.05, 0.1) is 6.54 Å². The molecule has 2 fully saturated rings. The Balaban J connectivity index is 0.00000300. The minimum atomic E-state index is 0. The van der Waals surface area contributed by atoms with Gasteiger partial charge < -0.3 is 15.5 Å². The average Bonchev–Trinajstić information content (AvgIpc) is 3.17. The van der Waals surface area contributed by atoms with Crippen LogP contribution in [0.1, 0.15) is 37.3 Å². The number of halogens is 1. The van der Waals surface area contributed by atoms with Gasteiger partial charge in [-0.3, -0.25) is 4.90 Å². The molecule has 1 saturated carbocycles. The minimum Gasteiger partial charge on any atom is -0.357 e. The Morgan fingerprint density at radius 3 is 2.41 bits per heavy atom. The van der Waals surface area contributed by atoms with Crippen molar-refractivity contribution in [1.29, 1.82) is 0 Å². The molecule has 5 nitrogen and oxygen atoms in total. The van der Waals surface area contributed by atoms with Crippen molar-refractivity contribution in [2.75, 3.05) is 46.0 Å². The lowest BCUT2D eigenvalue weighted by Crippen LogP contribution is -2.43. The Kier molecular flexibility index (Phi) is 11.1. The molecular weight excluding hydrogens is 493 g/mol. The summed E-state index contributed by atoms with van der Waals surface area (Å²) in [6.07, 6.45) is 6.02. The van der Waals surface area contributed by atoms with Crippen molar-refractivity contribution >= 4 is 41.7 Å². The average molecular weight is 532 g/mol. The lowest BCUT2D eigenvalue weighted by atomic mass is 10.1. The molecule has 0 radical (unpaired) electrons. The monoisotopic (exact) mass is 531 g/mol. The van der Waals surface area contributed by atoms with Gasteiger partial charge in [0.15, 0.2) is 5.96 Å². The summed E-state index contributed by atoms with van der Waals surface area (Å²) in [5.41, 5.74) is 2.67. The highest BCUT2D eigenvalue weighted by molar-refractivity contribution is 14.0.